The normalized spacial score (nSPS) is 17.2. The molecule has 1 fully saturated rings. The van der Waals surface area contributed by atoms with Crippen LogP contribution < -0.4 is 10.2 Å². The molecule has 0 aliphatic carbocycles. The number of nitrogens with zero attached hydrogens (tertiary/aromatic N) is 3. The van der Waals surface area contributed by atoms with E-state index in [4.69, 9.17) is 0 Å². The van der Waals surface area contributed by atoms with Gasteiger partial charge in [0.05, 0.1) is 0 Å². The smallest absolute Gasteiger partial charge is 0.353 e. The number of hydrogen-bond acceptors (Lipinski definition) is 4. The summed E-state index contributed by atoms with van der Waals surface area (Å²) in [5.74, 6) is 0.0618. The molecule has 5 nitrogen and oxygen atoms in total. The van der Waals surface area contributed by atoms with Gasteiger partial charge in [0.1, 0.15) is 5.69 Å². The molecule has 1 amide bonds. The maximum Gasteiger partial charge on any atom is 0.433 e. The van der Waals surface area contributed by atoms with Gasteiger partial charge in [-0.05, 0) is 18.9 Å². The molecule has 8 heteroatoms. The zero-order valence-electron chi connectivity index (χ0n) is 13.4. The van der Waals surface area contributed by atoms with Gasteiger partial charge in [0.25, 0.3) is 0 Å². The molecule has 0 atom stereocenters. The first kappa shape index (κ1) is 17.5. The van der Waals surface area contributed by atoms with Crippen molar-refractivity contribution in [2.75, 3.05) is 18.0 Å². The summed E-state index contributed by atoms with van der Waals surface area (Å²) in [6.45, 7) is 6.54. The number of rotatable bonds is 2. The van der Waals surface area contributed by atoms with E-state index in [1.54, 1.807) is 4.90 Å². The van der Waals surface area contributed by atoms with Crippen LogP contribution in [0.2, 0.25) is 0 Å². The van der Waals surface area contributed by atoms with E-state index in [-0.39, 0.29) is 17.9 Å². The first-order valence-electron chi connectivity index (χ1n) is 7.53. The number of carbonyl (C=O) groups excluding carboxylic acids is 1. The van der Waals surface area contributed by atoms with E-state index >= 15 is 0 Å². The highest BCUT2D eigenvalue weighted by atomic mass is 19.4. The molecule has 128 valence electrons. The first-order chi connectivity index (χ1) is 10.6. The van der Waals surface area contributed by atoms with Gasteiger partial charge in [-0.25, -0.2) is 9.97 Å². The van der Waals surface area contributed by atoms with Crippen molar-refractivity contribution in [2.24, 2.45) is 5.41 Å². The van der Waals surface area contributed by atoms with E-state index in [2.05, 4.69) is 15.3 Å². The number of aromatic nitrogens is 2. The van der Waals surface area contributed by atoms with Gasteiger partial charge in [0.15, 0.2) is 0 Å². The number of carbonyl (C=O) groups is 1. The Balaban J connectivity index is 1.96. The van der Waals surface area contributed by atoms with Gasteiger partial charge in [-0.2, -0.15) is 13.2 Å². The zero-order chi connectivity index (χ0) is 17.3. The lowest BCUT2D eigenvalue weighted by Crippen LogP contribution is -2.48. The second-order valence-electron chi connectivity index (χ2n) is 6.72. The Bertz CT molecular complexity index is 561. The molecular weight excluding hydrogens is 309 g/mol. The number of amides is 1. The number of piperidine rings is 1. The molecule has 1 aliphatic heterocycles. The van der Waals surface area contributed by atoms with Crippen LogP contribution in [0, 0.1) is 5.41 Å². The average Bonchev–Trinajstić information content (AvgIpc) is 2.46. The number of halogens is 3. The predicted octanol–water partition coefficient (Wildman–Crippen LogP) is 2.63. The predicted molar refractivity (Wildman–Crippen MR) is 79.9 cm³/mol. The molecule has 23 heavy (non-hydrogen) atoms. The lowest BCUT2D eigenvalue weighted by atomic mass is 9.94. The third kappa shape index (κ3) is 4.56. The monoisotopic (exact) mass is 330 g/mol. The van der Waals surface area contributed by atoms with Crippen molar-refractivity contribution in [1.29, 1.82) is 0 Å². The quantitative estimate of drug-likeness (QED) is 0.906. The van der Waals surface area contributed by atoms with E-state index in [1.807, 2.05) is 20.8 Å². The van der Waals surface area contributed by atoms with Crippen LogP contribution in [-0.2, 0) is 11.0 Å². The maximum absolute atomic E-state index is 12.7. The molecule has 2 heterocycles. The molecule has 1 aromatic heterocycles. The summed E-state index contributed by atoms with van der Waals surface area (Å²) in [6, 6.07) is 0.892. The van der Waals surface area contributed by atoms with Crippen LogP contribution in [0.1, 0.15) is 39.3 Å². The van der Waals surface area contributed by atoms with Crippen LogP contribution in [0.15, 0.2) is 12.3 Å². The fraction of sp³-hybridized carbons (Fsp3) is 0.667. The number of hydrogen-bond donors (Lipinski definition) is 1. The summed E-state index contributed by atoms with van der Waals surface area (Å²) < 4.78 is 38.1. The molecule has 2 rings (SSSR count). The Kier molecular flexibility index (Phi) is 4.81. The summed E-state index contributed by atoms with van der Waals surface area (Å²) in [4.78, 5) is 21.2. The molecule has 0 unspecified atom stereocenters. The second-order valence-corrected chi connectivity index (χ2v) is 6.72. The summed E-state index contributed by atoms with van der Waals surface area (Å²) in [5, 5.41) is 2.98. The Morgan fingerprint density at radius 3 is 2.39 bits per heavy atom. The fourth-order valence-electron chi connectivity index (χ4n) is 2.28. The third-order valence-corrected chi connectivity index (χ3v) is 3.73. The number of alkyl halides is 3. The van der Waals surface area contributed by atoms with Crippen LogP contribution in [0.4, 0.5) is 19.1 Å². The van der Waals surface area contributed by atoms with Gasteiger partial charge in [-0.3, -0.25) is 4.79 Å². The van der Waals surface area contributed by atoms with Crippen LogP contribution in [-0.4, -0.2) is 35.0 Å². The van der Waals surface area contributed by atoms with Crippen molar-refractivity contribution in [1.82, 2.24) is 15.3 Å². The van der Waals surface area contributed by atoms with Crippen molar-refractivity contribution < 1.29 is 18.0 Å². The number of anilines is 1. The van der Waals surface area contributed by atoms with E-state index in [0.29, 0.717) is 25.9 Å². The highest BCUT2D eigenvalue weighted by Gasteiger charge is 2.34. The molecule has 0 spiro atoms. The van der Waals surface area contributed by atoms with Crippen molar-refractivity contribution >= 4 is 11.9 Å². The SMILES string of the molecule is CC(C)(C)C(=O)NC1CCN(c2nccc(C(F)(F)F)n2)CC1. The van der Waals surface area contributed by atoms with Gasteiger partial charge in [0, 0.05) is 30.7 Å². The standard InChI is InChI=1S/C15H21F3N4O/c1-14(2,3)12(23)20-10-5-8-22(9-6-10)13-19-7-4-11(21-13)15(16,17)18/h4,7,10H,5-6,8-9H2,1-3H3,(H,20,23). The molecule has 1 aliphatic rings. The van der Waals surface area contributed by atoms with Gasteiger partial charge in [-0.15, -0.1) is 0 Å². The molecule has 1 saturated heterocycles. The molecule has 1 N–H and O–H groups in total. The highest BCUT2D eigenvalue weighted by Crippen LogP contribution is 2.28. The Morgan fingerprint density at radius 2 is 1.87 bits per heavy atom. The second kappa shape index (κ2) is 6.33. The molecule has 0 saturated carbocycles. The molecule has 0 bridgehead atoms. The van der Waals surface area contributed by atoms with Crippen LogP contribution in [0.25, 0.3) is 0 Å². The summed E-state index contributed by atoms with van der Waals surface area (Å²) in [6.07, 6.45) is -2.04. The fourth-order valence-corrected chi connectivity index (χ4v) is 2.28. The lowest BCUT2D eigenvalue weighted by molar-refractivity contribution is -0.141. The van der Waals surface area contributed by atoms with Crippen LogP contribution >= 0.6 is 0 Å². The molecular formula is C15H21F3N4O. The van der Waals surface area contributed by atoms with Crippen molar-refractivity contribution in [3.8, 4) is 0 Å². The molecule has 0 aromatic carbocycles. The van der Waals surface area contributed by atoms with Crippen molar-refractivity contribution in [3.05, 3.63) is 18.0 Å². The first-order valence-corrected chi connectivity index (χ1v) is 7.53. The summed E-state index contributed by atoms with van der Waals surface area (Å²) in [7, 11) is 0. The van der Waals surface area contributed by atoms with E-state index in [9.17, 15) is 18.0 Å². The zero-order valence-corrected chi connectivity index (χ0v) is 13.4. The van der Waals surface area contributed by atoms with Gasteiger partial charge in [-0.1, -0.05) is 20.8 Å². The van der Waals surface area contributed by atoms with Gasteiger partial charge in [0.2, 0.25) is 11.9 Å². The Labute approximate surface area is 133 Å². The minimum Gasteiger partial charge on any atom is -0.353 e. The largest absolute Gasteiger partial charge is 0.433 e. The van der Waals surface area contributed by atoms with Gasteiger partial charge < -0.3 is 10.2 Å². The van der Waals surface area contributed by atoms with Gasteiger partial charge >= 0.3 is 6.18 Å². The molecule has 1 aromatic rings. The summed E-state index contributed by atoms with van der Waals surface area (Å²) in [5.41, 5.74) is -1.40. The minimum absolute atomic E-state index is 0.0220. The Morgan fingerprint density at radius 1 is 1.26 bits per heavy atom. The minimum atomic E-state index is -4.48. The third-order valence-electron chi connectivity index (χ3n) is 3.73. The lowest BCUT2D eigenvalue weighted by Gasteiger charge is -2.33. The summed E-state index contributed by atoms with van der Waals surface area (Å²) >= 11 is 0. The maximum atomic E-state index is 12.7. The van der Waals surface area contributed by atoms with Crippen LogP contribution in [0.5, 0.6) is 0 Å². The van der Waals surface area contributed by atoms with Crippen molar-refractivity contribution in [3.63, 3.8) is 0 Å². The molecule has 0 radical (unpaired) electrons. The van der Waals surface area contributed by atoms with E-state index < -0.39 is 17.3 Å². The highest BCUT2D eigenvalue weighted by molar-refractivity contribution is 5.81. The van der Waals surface area contributed by atoms with Crippen molar-refractivity contribution in [2.45, 2.75) is 45.8 Å². The van der Waals surface area contributed by atoms with E-state index in [0.717, 1.165) is 12.3 Å². The van der Waals surface area contributed by atoms with Crippen LogP contribution in [0.3, 0.4) is 0 Å². The average molecular weight is 330 g/mol. The topological polar surface area (TPSA) is 58.1 Å². The number of nitrogens with one attached hydrogen (secondary N) is 1. The van der Waals surface area contributed by atoms with E-state index in [1.165, 1.54) is 0 Å². The Hall–Kier alpha value is -1.86.